The maximum absolute atomic E-state index is 13.8. The lowest BCUT2D eigenvalue weighted by Crippen LogP contribution is -2.14. The molecular weight excluding hydrogens is 352 g/mol. The number of ether oxygens (including phenoxy) is 1. The number of anilines is 3. The van der Waals surface area contributed by atoms with Crippen LogP contribution in [0.25, 0.3) is 0 Å². The second-order valence-corrected chi connectivity index (χ2v) is 5.56. The minimum absolute atomic E-state index is 0.0932. The third-order valence-electron chi connectivity index (χ3n) is 3.64. The Morgan fingerprint density at radius 3 is 2.67 bits per heavy atom. The number of hydrogen-bond donors (Lipinski definition) is 2. The number of carbonyl (C=O) groups is 1. The van der Waals surface area contributed by atoms with E-state index in [1.54, 1.807) is 30.3 Å². The SMILES string of the molecule is CCOc1ccccc1NC(=O)c1cc(Nc2ccc(F)cc2F)ccn1. The fourth-order valence-electron chi connectivity index (χ4n) is 2.42. The van der Waals surface area contributed by atoms with Gasteiger partial charge in [0.05, 0.1) is 18.0 Å². The molecule has 138 valence electrons. The summed E-state index contributed by atoms with van der Waals surface area (Å²) in [5.74, 6) is -1.29. The lowest BCUT2D eigenvalue weighted by molar-refractivity contribution is 0.102. The summed E-state index contributed by atoms with van der Waals surface area (Å²) in [5, 5.41) is 5.55. The number of rotatable bonds is 6. The lowest BCUT2D eigenvalue weighted by atomic mass is 10.2. The van der Waals surface area contributed by atoms with Gasteiger partial charge >= 0.3 is 0 Å². The smallest absolute Gasteiger partial charge is 0.274 e. The molecule has 0 aliphatic heterocycles. The molecule has 0 spiro atoms. The Morgan fingerprint density at radius 2 is 1.89 bits per heavy atom. The van der Waals surface area contributed by atoms with Crippen LogP contribution in [0.5, 0.6) is 5.75 Å². The van der Waals surface area contributed by atoms with Crippen molar-refractivity contribution in [3.05, 3.63) is 78.1 Å². The van der Waals surface area contributed by atoms with Crippen LogP contribution in [0.1, 0.15) is 17.4 Å². The van der Waals surface area contributed by atoms with Crippen molar-refractivity contribution in [2.24, 2.45) is 0 Å². The molecule has 0 aliphatic rings. The third-order valence-corrected chi connectivity index (χ3v) is 3.64. The summed E-state index contributed by atoms with van der Waals surface area (Å²) in [4.78, 5) is 16.5. The Morgan fingerprint density at radius 1 is 1.07 bits per heavy atom. The Labute approximate surface area is 155 Å². The number of carbonyl (C=O) groups excluding carboxylic acids is 1. The molecule has 3 aromatic rings. The van der Waals surface area contributed by atoms with E-state index in [2.05, 4.69) is 15.6 Å². The molecule has 0 radical (unpaired) electrons. The summed E-state index contributed by atoms with van der Waals surface area (Å²) in [6.45, 7) is 2.32. The van der Waals surface area contributed by atoms with Crippen molar-refractivity contribution in [2.75, 3.05) is 17.2 Å². The second kappa shape index (κ2) is 8.27. The summed E-state index contributed by atoms with van der Waals surface area (Å²) in [7, 11) is 0. The van der Waals surface area contributed by atoms with Gasteiger partial charge in [-0.25, -0.2) is 8.78 Å². The highest BCUT2D eigenvalue weighted by molar-refractivity contribution is 6.04. The third kappa shape index (κ3) is 4.58. The summed E-state index contributed by atoms with van der Waals surface area (Å²) < 4.78 is 32.3. The number of amides is 1. The molecule has 1 amide bonds. The van der Waals surface area contributed by atoms with E-state index in [0.29, 0.717) is 23.7 Å². The summed E-state index contributed by atoms with van der Waals surface area (Å²) >= 11 is 0. The van der Waals surface area contributed by atoms with Crippen LogP contribution in [0.2, 0.25) is 0 Å². The quantitative estimate of drug-likeness (QED) is 0.658. The molecule has 7 heteroatoms. The average Bonchev–Trinajstić information content (AvgIpc) is 2.66. The van der Waals surface area contributed by atoms with Gasteiger partial charge in [-0.2, -0.15) is 0 Å². The highest BCUT2D eigenvalue weighted by atomic mass is 19.1. The average molecular weight is 369 g/mol. The monoisotopic (exact) mass is 369 g/mol. The minimum atomic E-state index is -0.733. The zero-order valence-corrected chi connectivity index (χ0v) is 14.5. The molecule has 5 nitrogen and oxygen atoms in total. The molecule has 2 N–H and O–H groups in total. The van der Waals surface area contributed by atoms with Crippen molar-refractivity contribution in [3.63, 3.8) is 0 Å². The predicted octanol–water partition coefficient (Wildman–Crippen LogP) is 4.75. The standard InChI is InChI=1S/C20H17F2N3O2/c1-2-27-19-6-4-3-5-17(19)25-20(26)18-12-14(9-10-23-18)24-16-8-7-13(21)11-15(16)22/h3-12H,2H2,1H3,(H,23,24)(H,25,26). The van der Waals surface area contributed by atoms with Gasteiger partial charge in [-0.15, -0.1) is 0 Å². The van der Waals surface area contributed by atoms with E-state index in [4.69, 9.17) is 4.74 Å². The van der Waals surface area contributed by atoms with Crippen LogP contribution in [-0.4, -0.2) is 17.5 Å². The molecule has 0 saturated heterocycles. The highest BCUT2D eigenvalue weighted by Crippen LogP contribution is 2.25. The molecule has 0 bridgehead atoms. The minimum Gasteiger partial charge on any atom is -0.492 e. The van der Waals surface area contributed by atoms with Crippen molar-refractivity contribution in [3.8, 4) is 5.75 Å². The van der Waals surface area contributed by atoms with E-state index in [-0.39, 0.29) is 11.4 Å². The number of aromatic nitrogens is 1. The Kier molecular flexibility index (Phi) is 5.61. The molecule has 1 heterocycles. The maximum Gasteiger partial charge on any atom is 0.274 e. The number of nitrogens with one attached hydrogen (secondary N) is 2. The lowest BCUT2D eigenvalue weighted by Gasteiger charge is -2.12. The van der Waals surface area contributed by atoms with Crippen molar-refractivity contribution < 1.29 is 18.3 Å². The number of nitrogens with zero attached hydrogens (tertiary/aromatic N) is 1. The number of halogens is 2. The molecular formula is C20H17F2N3O2. The van der Waals surface area contributed by atoms with Gasteiger partial charge in [0.25, 0.3) is 5.91 Å². The number of pyridine rings is 1. The van der Waals surface area contributed by atoms with Crippen LogP contribution in [0, 0.1) is 11.6 Å². The van der Waals surface area contributed by atoms with E-state index in [1.165, 1.54) is 18.3 Å². The van der Waals surface area contributed by atoms with Gasteiger partial charge in [-0.3, -0.25) is 9.78 Å². The number of benzene rings is 2. The van der Waals surface area contributed by atoms with Crippen LogP contribution in [0.15, 0.2) is 60.8 Å². The van der Waals surface area contributed by atoms with E-state index in [9.17, 15) is 13.6 Å². The first-order valence-electron chi connectivity index (χ1n) is 8.28. The Bertz CT molecular complexity index is 963. The van der Waals surface area contributed by atoms with Crippen molar-refractivity contribution in [2.45, 2.75) is 6.92 Å². The molecule has 0 fully saturated rings. The van der Waals surface area contributed by atoms with Crippen LogP contribution < -0.4 is 15.4 Å². The number of hydrogen-bond acceptors (Lipinski definition) is 4. The van der Waals surface area contributed by atoms with E-state index in [1.807, 2.05) is 6.92 Å². The van der Waals surface area contributed by atoms with Crippen LogP contribution in [0.3, 0.4) is 0 Å². The summed E-state index contributed by atoms with van der Waals surface area (Å²) in [6, 6.07) is 13.3. The Hall–Kier alpha value is -3.48. The highest BCUT2D eigenvalue weighted by Gasteiger charge is 2.12. The second-order valence-electron chi connectivity index (χ2n) is 5.56. The van der Waals surface area contributed by atoms with Gasteiger partial charge in [-0.1, -0.05) is 12.1 Å². The molecule has 0 unspecified atom stereocenters. The zero-order valence-electron chi connectivity index (χ0n) is 14.5. The first kappa shape index (κ1) is 18.3. The van der Waals surface area contributed by atoms with Gasteiger partial charge in [0.15, 0.2) is 0 Å². The zero-order chi connectivity index (χ0) is 19.2. The first-order chi connectivity index (χ1) is 13.1. The summed E-state index contributed by atoms with van der Waals surface area (Å²) in [5.41, 5.74) is 1.19. The number of para-hydroxylation sites is 2. The van der Waals surface area contributed by atoms with E-state index >= 15 is 0 Å². The topological polar surface area (TPSA) is 63.2 Å². The van der Waals surface area contributed by atoms with E-state index < -0.39 is 17.5 Å². The molecule has 2 aromatic carbocycles. The van der Waals surface area contributed by atoms with Crippen LogP contribution in [-0.2, 0) is 0 Å². The van der Waals surface area contributed by atoms with Gasteiger partial charge in [0.2, 0.25) is 0 Å². The summed E-state index contributed by atoms with van der Waals surface area (Å²) in [6.07, 6.45) is 1.42. The molecule has 1 aromatic heterocycles. The van der Waals surface area contributed by atoms with E-state index in [0.717, 1.165) is 12.1 Å². The van der Waals surface area contributed by atoms with Crippen molar-refractivity contribution >= 4 is 23.0 Å². The largest absolute Gasteiger partial charge is 0.492 e. The Balaban J connectivity index is 1.78. The fraction of sp³-hybridized carbons (Fsp3) is 0.100. The fourth-order valence-corrected chi connectivity index (χ4v) is 2.42. The van der Waals surface area contributed by atoms with Crippen molar-refractivity contribution in [1.82, 2.24) is 4.98 Å². The maximum atomic E-state index is 13.8. The molecule has 0 aliphatic carbocycles. The molecule has 0 saturated carbocycles. The predicted molar refractivity (Wildman–Crippen MR) is 99.4 cm³/mol. The normalized spacial score (nSPS) is 10.3. The van der Waals surface area contributed by atoms with Crippen molar-refractivity contribution in [1.29, 1.82) is 0 Å². The van der Waals surface area contributed by atoms with Crippen LogP contribution in [0.4, 0.5) is 25.8 Å². The van der Waals surface area contributed by atoms with Crippen LogP contribution >= 0.6 is 0 Å². The van der Waals surface area contributed by atoms with Gasteiger partial charge < -0.3 is 15.4 Å². The van der Waals surface area contributed by atoms with Gasteiger partial charge in [-0.05, 0) is 43.3 Å². The molecule has 27 heavy (non-hydrogen) atoms. The first-order valence-corrected chi connectivity index (χ1v) is 8.28. The van der Waals surface area contributed by atoms with Gasteiger partial charge in [0, 0.05) is 18.0 Å². The molecule has 3 rings (SSSR count). The molecule has 0 atom stereocenters. The van der Waals surface area contributed by atoms with Gasteiger partial charge in [0.1, 0.15) is 23.1 Å².